The third-order valence-electron chi connectivity index (χ3n) is 4.14. The smallest absolute Gasteiger partial charge is 0.269 e. The van der Waals surface area contributed by atoms with Crippen LogP contribution in [0.25, 0.3) is 0 Å². The van der Waals surface area contributed by atoms with Gasteiger partial charge in [0.25, 0.3) is 5.91 Å². The Bertz CT molecular complexity index is 581. The number of likely N-dealkylation sites (tertiary alicyclic amines) is 1. The fourth-order valence-corrected chi connectivity index (χ4v) is 2.93. The maximum Gasteiger partial charge on any atom is 0.269 e. The molecule has 0 unspecified atom stereocenters. The largest absolute Gasteiger partial charge is 0.379 e. The number of hydrogen-bond acceptors (Lipinski definition) is 3. The highest BCUT2D eigenvalue weighted by Crippen LogP contribution is 2.30. The number of hydrogen-bond donors (Lipinski definition) is 0. The summed E-state index contributed by atoms with van der Waals surface area (Å²) in [7, 11) is 0. The molecule has 21 heavy (non-hydrogen) atoms. The Balaban J connectivity index is 1.75. The van der Waals surface area contributed by atoms with E-state index >= 15 is 0 Å². The lowest BCUT2D eigenvalue weighted by atomic mass is 9.93. The van der Waals surface area contributed by atoms with Crippen LogP contribution in [0.3, 0.4) is 0 Å². The summed E-state index contributed by atoms with van der Waals surface area (Å²) < 4.78 is 13.8. The average molecular weight is 290 g/mol. The molecule has 1 saturated heterocycles. The van der Waals surface area contributed by atoms with Crippen LogP contribution in [0, 0.1) is 5.82 Å². The van der Waals surface area contributed by atoms with Gasteiger partial charge in [-0.05, 0) is 32.3 Å². The second-order valence-corrected chi connectivity index (χ2v) is 5.87. The van der Waals surface area contributed by atoms with E-state index in [1.807, 2.05) is 4.90 Å². The van der Waals surface area contributed by atoms with E-state index in [4.69, 9.17) is 4.84 Å². The summed E-state index contributed by atoms with van der Waals surface area (Å²) in [6, 6.07) is 6.44. The topological polar surface area (TPSA) is 41.9 Å². The van der Waals surface area contributed by atoms with Gasteiger partial charge in [0.1, 0.15) is 5.82 Å². The van der Waals surface area contributed by atoms with E-state index < -0.39 is 5.60 Å². The molecular formula is C16H19FN2O2. The van der Waals surface area contributed by atoms with Gasteiger partial charge >= 0.3 is 0 Å². The molecule has 0 radical (unpaired) electrons. The average Bonchev–Trinajstić information content (AvgIpc) is 2.91. The first-order valence-corrected chi connectivity index (χ1v) is 7.39. The number of benzene rings is 1. The van der Waals surface area contributed by atoms with E-state index in [9.17, 15) is 9.18 Å². The zero-order valence-corrected chi connectivity index (χ0v) is 12.1. The highest BCUT2D eigenvalue weighted by Gasteiger charge is 2.45. The Labute approximate surface area is 123 Å². The minimum absolute atomic E-state index is 0.0442. The van der Waals surface area contributed by atoms with Crippen molar-refractivity contribution in [1.29, 1.82) is 0 Å². The molecule has 5 heteroatoms. The van der Waals surface area contributed by atoms with Crippen molar-refractivity contribution in [3.8, 4) is 0 Å². The SMILES string of the molecule is C[C@@]1(C(=O)N2CCCCC2)CC(c2ccccc2F)=NO1. The lowest BCUT2D eigenvalue weighted by Gasteiger charge is -2.32. The molecule has 1 amide bonds. The Morgan fingerprint density at radius 1 is 1.29 bits per heavy atom. The van der Waals surface area contributed by atoms with Gasteiger partial charge < -0.3 is 9.74 Å². The number of rotatable bonds is 2. The van der Waals surface area contributed by atoms with Gasteiger partial charge in [0.2, 0.25) is 5.60 Å². The molecule has 0 spiro atoms. The Morgan fingerprint density at radius 3 is 2.71 bits per heavy atom. The molecule has 0 aliphatic carbocycles. The van der Waals surface area contributed by atoms with Crippen LogP contribution in [-0.2, 0) is 9.63 Å². The van der Waals surface area contributed by atoms with E-state index in [2.05, 4.69) is 5.16 Å². The van der Waals surface area contributed by atoms with E-state index in [0.717, 1.165) is 25.9 Å². The molecule has 0 N–H and O–H groups in total. The predicted molar refractivity (Wildman–Crippen MR) is 77.5 cm³/mol. The van der Waals surface area contributed by atoms with Gasteiger partial charge in [-0.1, -0.05) is 23.4 Å². The quantitative estimate of drug-likeness (QED) is 0.840. The molecule has 2 heterocycles. The molecule has 112 valence electrons. The van der Waals surface area contributed by atoms with Crippen molar-refractivity contribution >= 4 is 11.6 Å². The molecule has 3 rings (SSSR count). The first-order valence-electron chi connectivity index (χ1n) is 7.39. The van der Waals surface area contributed by atoms with Crippen LogP contribution in [0.4, 0.5) is 4.39 Å². The number of nitrogens with zero attached hydrogens (tertiary/aromatic N) is 2. The molecule has 1 fully saturated rings. The molecule has 2 aliphatic rings. The first-order chi connectivity index (χ1) is 10.1. The Morgan fingerprint density at radius 2 is 2.00 bits per heavy atom. The summed E-state index contributed by atoms with van der Waals surface area (Å²) in [5.41, 5.74) is -0.0942. The van der Waals surface area contributed by atoms with Crippen molar-refractivity contribution in [2.45, 2.75) is 38.2 Å². The third-order valence-corrected chi connectivity index (χ3v) is 4.14. The number of oxime groups is 1. The minimum atomic E-state index is -1.01. The number of halogens is 1. The van der Waals surface area contributed by atoms with Crippen molar-refractivity contribution in [3.05, 3.63) is 35.6 Å². The maximum atomic E-state index is 13.8. The summed E-state index contributed by atoms with van der Waals surface area (Å²) in [5, 5.41) is 3.97. The highest BCUT2D eigenvalue weighted by molar-refractivity contribution is 6.05. The second kappa shape index (κ2) is 5.47. The normalized spacial score (nSPS) is 25.4. The Kier molecular flexibility index (Phi) is 3.66. The van der Waals surface area contributed by atoms with Gasteiger partial charge in [0, 0.05) is 25.1 Å². The highest BCUT2D eigenvalue weighted by atomic mass is 19.1. The van der Waals surface area contributed by atoms with Crippen LogP contribution >= 0.6 is 0 Å². The third kappa shape index (κ3) is 2.64. The summed E-state index contributed by atoms with van der Waals surface area (Å²) in [6.07, 6.45) is 3.54. The number of amides is 1. The van der Waals surface area contributed by atoms with Crippen molar-refractivity contribution in [1.82, 2.24) is 4.90 Å². The van der Waals surface area contributed by atoms with Crippen molar-refractivity contribution in [2.24, 2.45) is 5.16 Å². The van der Waals surface area contributed by atoms with Gasteiger partial charge in [0.05, 0.1) is 5.71 Å². The summed E-state index contributed by atoms with van der Waals surface area (Å²) in [6.45, 7) is 3.28. The maximum absolute atomic E-state index is 13.8. The van der Waals surface area contributed by atoms with Crippen LogP contribution in [0.1, 0.15) is 38.2 Å². The fourth-order valence-electron chi connectivity index (χ4n) is 2.93. The zero-order valence-electron chi connectivity index (χ0n) is 12.1. The predicted octanol–water partition coefficient (Wildman–Crippen LogP) is 2.72. The standard InChI is InChI=1S/C16H19FN2O2/c1-16(15(20)19-9-5-2-6-10-19)11-14(18-21-16)12-7-3-4-8-13(12)17/h3-4,7-8H,2,5-6,9-11H2,1H3/t16-/m0/s1. The molecule has 0 aromatic heterocycles. The van der Waals surface area contributed by atoms with Crippen LogP contribution < -0.4 is 0 Å². The van der Waals surface area contributed by atoms with E-state index in [-0.39, 0.29) is 11.7 Å². The molecule has 2 aliphatic heterocycles. The monoisotopic (exact) mass is 290 g/mol. The molecular weight excluding hydrogens is 271 g/mol. The lowest BCUT2D eigenvalue weighted by molar-refractivity contribution is -0.154. The van der Waals surface area contributed by atoms with Crippen LogP contribution in [0.15, 0.2) is 29.4 Å². The van der Waals surface area contributed by atoms with Gasteiger partial charge in [-0.15, -0.1) is 0 Å². The van der Waals surface area contributed by atoms with E-state index in [0.29, 0.717) is 17.7 Å². The first kappa shape index (κ1) is 14.0. The molecule has 1 aromatic rings. The number of piperidine rings is 1. The molecule has 0 saturated carbocycles. The zero-order chi connectivity index (χ0) is 14.9. The van der Waals surface area contributed by atoms with E-state index in [1.54, 1.807) is 25.1 Å². The van der Waals surface area contributed by atoms with Crippen molar-refractivity contribution < 1.29 is 14.0 Å². The number of carbonyl (C=O) groups excluding carboxylic acids is 1. The number of carbonyl (C=O) groups is 1. The Hall–Kier alpha value is -1.91. The molecule has 1 atom stereocenters. The lowest BCUT2D eigenvalue weighted by Crippen LogP contribution is -2.49. The van der Waals surface area contributed by atoms with Crippen LogP contribution in [0.2, 0.25) is 0 Å². The van der Waals surface area contributed by atoms with E-state index in [1.165, 1.54) is 12.5 Å². The summed E-state index contributed by atoms with van der Waals surface area (Å²) in [5.74, 6) is -0.383. The molecule has 1 aromatic carbocycles. The molecule has 4 nitrogen and oxygen atoms in total. The van der Waals surface area contributed by atoms with Crippen LogP contribution in [-0.4, -0.2) is 35.2 Å². The van der Waals surface area contributed by atoms with Crippen molar-refractivity contribution in [3.63, 3.8) is 0 Å². The van der Waals surface area contributed by atoms with Gasteiger partial charge in [-0.3, -0.25) is 4.79 Å². The van der Waals surface area contributed by atoms with Gasteiger partial charge in [-0.2, -0.15) is 0 Å². The van der Waals surface area contributed by atoms with Gasteiger partial charge in [0.15, 0.2) is 0 Å². The minimum Gasteiger partial charge on any atom is -0.379 e. The molecule has 0 bridgehead atoms. The second-order valence-electron chi connectivity index (χ2n) is 5.87. The summed E-state index contributed by atoms with van der Waals surface area (Å²) >= 11 is 0. The fraction of sp³-hybridized carbons (Fsp3) is 0.500. The van der Waals surface area contributed by atoms with Crippen LogP contribution in [0.5, 0.6) is 0 Å². The van der Waals surface area contributed by atoms with Gasteiger partial charge in [-0.25, -0.2) is 4.39 Å². The van der Waals surface area contributed by atoms with Crippen molar-refractivity contribution in [2.75, 3.05) is 13.1 Å². The summed E-state index contributed by atoms with van der Waals surface area (Å²) in [4.78, 5) is 19.9.